The van der Waals surface area contributed by atoms with E-state index in [1.54, 1.807) is 13.8 Å². The highest BCUT2D eigenvalue weighted by Crippen LogP contribution is 2.49. The Morgan fingerprint density at radius 2 is 1.83 bits per heavy atom. The van der Waals surface area contributed by atoms with Gasteiger partial charge in [0.25, 0.3) is 0 Å². The summed E-state index contributed by atoms with van der Waals surface area (Å²) in [4.78, 5) is 25.4. The number of benzene rings is 1. The molecule has 0 saturated heterocycles. The van der Waals surface area contributed by atoms with Crippen LogP contribution in [0.1, 0.15) is 37.3 Å². The molecule has 1 aliphatic carbocycles. The highest BCUT2D eigenvalue weighted by molar-refractivity contribution is 5.86. The summed E-state index contributed by atoms with van der Waals surface area (Å²) in [6.45, 7) is 3.48. The number of methoxy groups -OCH3 is 1. The number of carbonyl (C=O) groups is 2. The normalized spacial score (nSPS) is 20.0. The third kappa shape index (κ3) is 4.07. The van der Waals surface area contributed by atoms with Crippen molar-refractivity contribution < 1.29 is 27.5 Å². The topological polar surface area (TPSA) is 46.6 Å². The number of ether oxygens (including phenoxy) is 1. The van der Waals surface area contributed by atoms with E-state index in [0.29, 0.717) is 12.0 Å². The predicted octanol–water partition coefficient (Wildman–Crippen LogP) is 3.22. The van der Waals surface area contributed by atoms with Crippen LogP contribution in [0, 0.1) is 5.92 Å². The summed E-state index contributed by atoms with van der Waals surface area (Å²) in [5.74, 6) is -1.06. The molecule has 0 aliphatic heterocycles. The van der Waals surface area contributed by atoms with Crippen LogP contribution >= 0.6 is 0 Å². The second-order valence-electron chi connectivity index (χ2n) is 6.20. The quantitative estimate of drug-likeness (QED) is 0.771. The highest BCUT2D eigenvalue weighted by Gasteiger charge is 2.46. The SMILES string of the molecule is COC(=O)CN(C(=O)C1CC1c1ccc(C(F)(F)F)cc1)C(C)C. The molecule has 1 saturated carbocycles. The predicted molar refractivity (Wildman–Crippen MR) is 81.2 cm³/mol. The molecule has 0 aromatic heterocycles. The van der Waals surface area contributed by atoms with Crippen LogP contribution in [-0.2, 0) is 20.5 Å². The van der Waals surface area contributed by atoms with Crippen LogP contribution in [0.4, 0.5) is 13.2 Å². The van der Waals surface area contributed by atoms with Crippen LogP contribution < -0.4 is 0 Å². The number of hydrogen-bond donors (Lipinski definition) is 0. The Bertz CT molecular complexity index is 611. The van der Waals surface area contributed by atoms with Gasteiger partial charge in [0.2, 0.25) is 5.91 Å². The second kappa shape index (κ2) is 6.83. The summed E-state index contributed by atoms with van der Waals surface area (Å²) in [6.07, 6.45) is -3.79. The highest BCUT2D eigenvalue weighted by atomic mass is 19.4. The maximum absolute atomic E-state index is 12.6. The van der Waals surface area contributed by atoms with E-state index in [2.05, 4.69) is 4.74 Å². The van der Waals surface area contributed by atoms with Gasteiger partial charge in [0.1, 0.15) is 6.54 Å². The molecule has 0 N–H and O–H groups in total. The van der Waals surface area contributed by atoms with E-state index in [4.69, 9.17) is 0 Å². The number of rotatable bonds is 5. The zero-order valence-electron chi connectivity index (χ0n) is 13.8. The molecule has 132 valence electrons. The maximum atomic E-state index is 12.6. The van der Waals surface area contributed by atoms with Crippen molar-refractivity contribution in [3.63, 3.8) is 0 Å². The Kier molecular flexibility index (Phi) is 5.20. The van der Waals surface area contributed by atoms with Gasteiger partial charge in [-0.3, -0.25) is 9.59 Å². The van der Waals surface area contributed by atoms with Gasteiger partial charge in [-0.25, -0.2) is 0 Å². The fourth-order valence-corrected chi connectivity index (χ4v) is 2.69. The van der Waals surface area contributed by atoms with Crippen molar-refractivity contribution in [2.75, 3.05) is 13.7 Å². The summed E-state index contributed by atoms with van der Waals surface area (Å²) in [7, 11) is 1.26. The molecule has 4 nitrogen and oxygen atoms in total. The summed E-state index contributed by atoms with van der Waals surface area (Å²) >= 11 is 0. The molecule has 0 heterocycles. The van der Waals surface area contributed by atoms with Gasteiger partial charge >= 0.3 is 12.1 Å². The molecule has 1 fully saturated rings. The number of hydrogen-bond acceptors (Lipinski definition) is 3. The van der Waals surface area contributed by atoms with Crippen molar-refractivity contribution in [1.29, 1.82) is 0 Å². The monoisotopic (exact) mass is 343 g/mol. The number of nitrogens with zero attached hydrogens (tertiary/aromatic N) is 1. The number of amides is 1. The van der Waals surface area contributed by atoms with Gasteiger partial charge in [-0.15, -0.1) is 0 Å². The first-order valence-electron chi connectivity index (χ1n) is 7.69. The average Bonchev–Trinajstić information content (AvgIpc) is 3.31. The van der Waals surface area contributed by atoms with Crippen LogP contribution in [0.15, 0.2) is 24.3 Å². The van der Waals surface area contributed by atoms with Crippen molar-refractivity contribution in [2.45, 2.75) is 38.4 Å². The molecule has 24 heavy (non-hydrogen) atoms. The fraction of sp³-hybridized carbons (Fsp3) is 0.529. The van der Waals surface area contributed by atoms with Crippen LogP contribution in [0.2, 0.25) is 0 Å². The van der Waals surface area contributed by atoms with Gasteiger partial charge in [-0.2, -0.15) is 13.2 Å². The van der Waals surface area contributed by atoms with Gasteiger partial charge < -0.3 is 9.64 Å². The molecule has 1 aromatic rings. The van der Waals surface area contributed by atoms with Crippen molar-refractivity contribution >= 4 is 11.9 Å². The van der Waals surface area contributed by atoms with Crippen LogP contribution in [0.3, 0.4) is 0 Å². The van der Waals surface area contributed by atoms with Crippen LogP contribution in [0.25, 0.3) is 0 Å². The van der Waals surface area contributed by atoms with Gasteiger partial charge in [0, 0.05) is 12.0 Å². The van der Waals surface area contributed by atoms with E-state index < -0.39 is 17.7 Å². The number of halogens is 3. The van der Waals surface area contributed by atoms with E-state index in [1.165, 1.54) is 24.1 Å². The lowest BCUT2D eigenvalue weighted by molar-refractivity contribution is -0.148. The Morgan fingerprint density at radius 3 is 2.29 bits per heavy atom. The summed E-state index contributed by atoms with van der Waals surface area (Å²) < 4.78 is 42.4. The molecule has 1 aliphatic rings. The maximum Gasteiger partial charge on any atom is 0.416 e. The summed E-state index contributed by atoms with van der Waals surface area (Å²) in [5.41, 5.74) is 0.00685. The minimum absolute atomic E-state index is 0.0984. The first-order valence-corrected chi connectivity index (χ1v) is 7.69. The smallest absolute Gasteiger partial charge is 0.416 e. The third-order valence-corrected chi connectivity index (χ3v) is 4.21. The van der Waals surface area contributed by atoms with E-state index in [-0.39, 0.29) is 30.3 Å². The van der Waals surface area contributed by atoms with E-state index >= 15 is 0 Å². The van der Waals surface area contributed by atoms with E-state index in [9.17, 15) is 22.8 Å². The van der Waals surface area contributed by atoms with Gasteiger partial charge in [-0.05, 0) is 43.9 Å². The summed E-state index contributed by atoms with van der Waals surface area (Å²) in [5, 5.41) is 0. The standard InChI is InChI=1S/C17H20F3NO3/c1-10(2)21(9-15(22)24-3)16(23)14-8-13(14)11-4-6-12(7-5-11)17(18,19)20/h4-7,10,13-14H,8-9H2,1-3H3. The lowest BCUT2D eigenvalue weighted by Crippen LogP contribution is -2.42. The largest absolute Gasteiger partial charge is 0.468 e. The molecule has 2 unspecified atom stereocenters. The zero-order valence-corrected chi connectivity index (χ0v) is 13.8. The molecule has 0 radical (unpaired) electrons. The van der Waals surface area contributed by atoms with Gasteiger partial charge in [0.15, 0.2) is 0 Å². The Morgan fingerprint density at radius 1 is 1.25 bits per heavy atom. The van der Waals surface area contributed by atoms with Crippen LogP contribution in [-0.4, -0.2) is 36.5 Å². The van der Waals surface area contributed by atoms with Crippen LogP contribution in [0.5, 0.6) is 0 Å². The Hall–Kier alpha value is -2.05. The molecule has 2 rings (SSSR count). The zero-order chi connectivity index (χ0) is 18.1. The first-order chi connectivity index (χ1) is 11.1. The Labute approximate surface area is 138 Å². The van der Waals surface area contributed by atoms with E-state index in [1.807, 2.05) is 0 Å². The first kappa shape index (κ1) is 18.3. The Balaban J connectivity index is 2.05. The second-order valence-corrected chi connectivity index (χ2v) is 6.20. The lowest BCUT2D eigenvalue weighted by Gasteiger charge is -2.25. The molecule has 7 heteroatoms. The fourth-order valence-electron chi connectivity index (χ4n) is 2.69. The minimum atomic E-state index is -4.37. The molecule has 0 spiro atoms. The summed E-state index contributed by atoms with van der Waals surface area (Å²) in [6, 6.07) is 4.74. The van der Waals surface area contributed by atoms with Crippen molar-refractivity contribution in [3.8, 4) is 0 Å². The number of alkyl halides is 3. The molecular weight excluding hydrogens is 323 g/mol. The lowest BCUT2D eigenvalue weighted by atomic mass is 10.1. The minimum Gasteiger partial charge on any atom is -0.468 e. The molecule has 2 atom stereocenters. The third-order valence-electron chi connectivity index (χ3n) is 4.21. The molecular formula is C17H20F3NO3. The van der Waals surface area contributed by atoms with Crippen molar-refractivity contribution in [3.05, 3.63) is 35.4 Å². The van der Waals surface area contributed by atoms with Crippen molar-refractivity contribution in [2.24, 2.45) is 5.92 Å². The molecule has 1 aromatic carbocycles. The average molecular weight is 343 g/mol. The molecule has 1 amide bonds. The van der Waals surface area contributed by atoms with Crippen molar-refractivity contribution in [1.82, 2.24) is 4.90 Å². The van der Waals surface area contributed by atoms with Gasteiger partial charge in [-0.1, -0.05) is 12.1 Å². The van der Waals surface area contributed by atoms with E-state index in [0.717, 1.165) is 12.1 Å². The number of carbonyl (C=O) groups excluding carboxylic acids is 2. The molecule has 0 bridgehead atoms. The number of esters is 1. The van der Waals surface area contributed by atoms with Gasteiger partial charge in [0.05, 0.1) is 12.7 Å².